The third-order valence-electron chi connectivity index (χ3n) is 3.83. The lowest BCUT2D eigenvalue weighted by Gasteiger charge is -2.18. The van der Waals surface area contributed by atoms with Gasteiger partial charge >= 0.3 is 6.18 Å². The molecule has 1 aliphatic heterocycles. The van der Waals surface area contributed by atoms with Crippen LogP contribution in [0.3, 0.4) is 0 Å². The molecule has 0 saturated heterocycles. The molecular formula is C17H14F3N3O4. The van der Waals surface area contributed by atoms with Gasteiger partial charge in [-0.05, 0) is 37.3 Å². The number of ether oxygens (including phenoxy) is 2. The Kier molecular flexibility index (Phi) is 4.89. The molecule has 3 rings (SSSR count). The van der Waals surface area contributed by atoms with E-state index in [0.29, 0.717) is 42.1 Å². The molecule has 142 valence electrons. The number of hydrogen-bond donors (Lipinski definition) is 1. The van der Waals surface area contributed by atoms with Crippen LogP contribution < -0.4 is 14.9 Å². The Bertz CT molecular complexity index is 913. The highest BCUT2D eigenvalue weighted by Gasteiger charge is 2.33. The van der Waals surface area contributed by atoms with Gasteiger partial charge in [0.2, 0.25) is 0 Å². The molecule has 1 aliphatic rings. The molecule has 0 amide bonds. The number of anilines is 1. The van der Waals surface area contributed by atoms with E-state index >= 15 is 0 Å². The maximum absolute atomic E-state index is 12.7. The van der Waals surface area contributed by atoms with Crippen molar-refractivity contribution < 1.29 is 27.6 Å². The summed E-state index contributed by atoms with van der Waals surface area (Å²) < 4.78 is 49.1. The Labute approximate surface area is 151 Å². The fraction of sp³-hybridized carbons (Fsp3) is 0.235. The molecule has 0 radical (unpaired) electrons. The highest BCUT2D eigenvalue weighted by molar-refractivity contribution is 5.99. The van der Waals surface area contributed by atoms with Crippen LogP contribution in [0.15, 0.2) is 41.5 Å². The number of nitro groups is 1. The van der Waals surface area contributed by atoms with Gasteiger partial charge < -0.3 is 9.47 Å². The molecule has 2 aromatic carbocycles. The van der Waals surface area contributed by atoms with Gasteiger partial charge in [-0.3, -0.25) is 15.5 Å². The predicted octanol–water partition coefficient (Wildman–Crippen LogP) is 4.22. The quantitative estimate of drug-likeness (QED) is 0.487. The molecule has 10 heteroatoms. The summed E-state index contributed by atoms with van der Waals surface area (Å²) in [5.74, 6) is 1.15. The Hall–Kier alpha value is -3.30. The largest absolute Gasteiger partial charge is 0.486 e. The van der Waals surface area contributed by atoms with Gasteiger partial charge in [-0.15, -0.1) is 0 Å². The van der Waals surface area contributed by atoms with Crippen LogP contribution in [0.1, 0.15) is 18.1 Å². The third kappa shape index (κ3) is 4.10. The lowest BCUT2D eigenvalue weighted by molar-refractivity contribution is -0.384. The standard InChI is InChI=1S/C17H14F3N3O4/c1-10(11-2-5-15-16(8-11)27-7-6-26-15)21-22-13-4-3-12(17(18,19)20)9-14(13)23(24)25/h2-5,8-9,22H,6-7H2,1H3. The van der Waals surface area contributed by atoms with Crippen molar-refractivity contribution in [2.24, 2.45) is 5.10 Å². The summed E-state index contributed by atoms with van der Waals surface area (Å²) in [5, 5.41) is 15.1. The average molecular weight is 381 g/mol. The van der Waals surface area contributed by atoms with Crippen molar-refractivity contribution in [3.05, 3.63) is 57.6 Å². The third-order valence-corrected chi connectivity index (χ3v) is 3.83. The summed E-state index contributed by atoms with van der Waals surface area (Å²) in [5.41, 5.74) is 1.61. The van der Waals surface area contributed by atoms with Crippen LogP contribution in [-0.4, -0.2) is 23.8 Å². The van der Waals surface area contributed by atoms with Gasteiger partial charge in [0.15, 0.2) is 11.5 Å². The summed E-state index contributed by atoms with van der Waals surface area (Å²) in [6, 6.07) is 7.35. The number of benzene rings is 2. The molecule has 0 spiro atoms. The molecule has 1 heterocycles. The minimum atomic E-state index is -4.67. The van der Waals surface area contributed by atoms with Crippen molar-refractivity contribution in [2.75, 3.05) is 18.6 Å². The molecule has 0 atom stereocenters. The van der Waals surface area contributed by atoms with Crippen molar-refractivity contribution in [1.29, 1.82) is 0 Å². The zero-order chi connectivity index (χ0) is 19.6. The molecule has 7 nitrogen and oxygen atoms in total. The normalized spacial score (nSPS) is 14.0. The minimum Gasteiger partial charge on any atom is -0.486 e. The number of halogens is 3. The molecule has 0 bridgehead atoms. The Morgan fingerprint density at radius 1 is 1.15 bits per heavy atom. The second kappa shape index (κ2) is 7.14. The minimum absolute atomic E-state index is 0.148. The zero-order valence-electron chi connectivity index (χ0n) is 14.0. The SMILES string of the molecule is CC(=NNc1ccc(C(F)(F)F)cc1[N+](=O)[O-])c1ccc2c(c1)OCCO2. The van der Waals surface area contributed by atoms with E-state index in [1.165, 1.54) is 0 Å². The first kappa shape index (κ1) is 18.5. The van der Waals surface area contributed by atoms with Gasteiger partial charge in [0, 0.05) is 11.6 Å². The first-order valence-corrected chi connectivity index (χ1v) is 7.81. The maximum atomic E-state index is 12.7. The fourth-order valence-corrected chi connectivity index (χ4v) is 2.43. The van der Waals surface area contributed by atoms with E-state index in [1.807, 2.05) is 0 Å². The lowest BCUT2D eigenvalue weighted by atomic mass is 10.1. The second-order valence-corrected chi connectivity index (χ2v) is 5.65. The van der Waals surface area contributed by atoms with Crippen LogP contribution in [0.5, 0.6) is 11.5 Å². The Morgan fingerprint density at radius 2 is 1.85 bits per heavy atom. The molecule has 0 unspecified atom stereocenters. The Balaban J connectivity index is 1.85. The van der Waals surface area contributed by atoms with E-state index in [9.17, 15) is 23.3 Å². The van der Waals surface area contributed by atoms with Gasteiger partial charge in [0.05, 0.1) is 16.2 Å². The van der Waals surface area contributed by atoms with Gasteiger partial charge in [-0.2, -0.15) is 18.3 Å². The van der Waals surface area contributed by atoms with Crippen LogP contribution in [0.25, 0.3) is 0 Å². The van der Waals surface area contributed by atoms with Crippen molar-refractivity contribution in [2.45, 2.75) is 13.1 Å². The number of hydrazone groups is 1. The van der Waals surface area contributed by atoms with E-state index in [0.717, 1.165) is 12.1 Å². The molecule has 0 aliphatic carbocycles. The highest BCUT2D eigenvalue weighted by atomic mass is 19.4. The molecule has 0 fully saturated rings. The number of fused-ring (bicyclic) bond motifs is 1. The monoisotopic (exact) mass is 381 g/mol. The Morgan fingerprint density at radius 3 is 2.52 bits per heavy atom. The van der Waals surface area contributed by atoms with Gasteiger partial charge in [0.1, 0.15) is 18.9 Å². The smallest absolute Gasteiger partial charge is 0.416 e. The summed E-state index contributed by atoms with van der Waals surface area (Å²) in [6.45, 7) is 2.52. The van der Waals surface area contributed by atoms with Crippen LogP contribution in [0.4, 0.5) is 24.5 Å². The first-order valence-electron chi connectivity index (χ1n) is 7.81. The van der Waals surface area contributed by atoms with Crippen molar-refractivity contribution in [3.8, 4) is 11.5 Å². The lowest BCUT2D eigenvalue weighted by Crippen LogP contribution is -2.15. The van der Waals surface area contributed by atoms with Crippen LogP contribution in [0, 0.1) is 10.1 Å². The van der Waals surface area contributed by atoms with Crippen LogP contribution >= 0.6 is 0 Å². The summed E-state index contributed by atoms with van der Waals surface area (Å²) in [4.78, 5) is 10.2. The zero-order valence-corrected chi connectivity index (χ0v) is 14.0. The van der Waals surface area contributed by atoms with Crippen molar-refractivity contribution in [3.63, 3.8) is 0 Å². The molecular weight excluding hydrogens is 367 g/mol. The van der Waals surface area contributed by atoms with E-state index in [-0.39, 0.29) is 5.69 Å². The number of alkyl halides is 3. The van der Waals surface area contributed by atoms with Crippen molar-refractivity contribution >= 4 is 17.1 Å². The number of nitro benzene ring substituents is 1. The molecule has 0 aromatic heterocycles. The van der Waals surface area contributed by atoms with E-state index in [4.69, 9.17) is 9.47 Å². The summed E-state index contributed by atoms with van der Waals surface area (Å²) >= 11 is 0. The van der Waals surface area contributed by atoms with Crippen molar-refractivity contribution in [1.82, 2.24) is 0 Å². The van der Waals surface area contributed by atoms with E-state index in [1.54, 1.807) is 25.1 Å². The number of rotatable bonds is 4. The molecule has 27 heavy (non-hydrogen) atoms. The van der Waals surface area contributed by atoms with Gasteiger partial charge in [-0.1, -0.05) is 0 Å². The second-order valence-electron chi connectivity index (χ2n) is 5.65. The summed E-state index contributed by atoms with van der Waals surface area (Å²) in [6.07, 6.45) is -4.67. The molecule has 0 saturated carbocycles. The predicted molar refractivity (Wildman–Crippen MR) is 91.4 cm³/mol. The average Bonchev–Trinajstić information content (AvgIpc) is 2.64. The van der Waals surface area contributed by atoms with Crippen LogP contribution in [-0.2, 0) is 6.18 Å². The van der Waals surface area contributed by atoms with E-state index in [2.05, 4.69) is 10.5 Å². The van der Waals surface area contributed by atoms with Gasteiger partial charge in [-0.25, -0.2) is 0 Å². The maximum Gasteiger partial charge on any atom is 0.416 e. The first-order chi connectivity index (χ1) is 12.8. The van der Waals surface area contributed by atoms with E-state index < -0.39 is 22.4 Å². The molecule has 2 aromatic rings. The molecule has 1 N–H and O–H groups in total. The van der Waals surface area contributed by atoms with Gasteiger partial charge in [0.25, 0.3) is 5.69 Å². The van der Waals surface area contributed by atoms with Crippen LogP contribution in [0.2, 0.25) is 0 Å². The number of nitrogens with one attached hydrogen (secondary N) is 1. The fourth-order valence-electron chi connectivity index (χ4n) is 2.43. The number of nitrogens with zero attached hydrogens (tertiary/aromatic N) is 2. The highest BCUT2D eigenvalue weighted by Crippen LogP contribution is 2.35. The number of hydrogen-bond acceptors (Lipinski definition) is 6. The topological polar surface area (TPSA) is 86.0 Å². The summed E-state index contributed by atoms with van der Waals surface area (Å²) in [7, 11) is 0.